The molecule has 0 saturated heterocycles. The summed E-state index contributed by atoms with van der Waals surface area (Å²) in [6.45, 7) is -0.907. The quantitative estimate of drug-likeness (QED) is 0.133. The fourth-order valence-corrected chi connectivity index (χ4v) is 2.89. The van der Waals surface area contributed by atoms with Gasteiger partial charge in [-0.1, -0.05) is 30.3 Å². The second kappa shape index (κ2) is 13.4. The predicted octanol–water partition coefficient (Wildman–Crippen LogP) is -2.93. The van der Waals surface area contributed by atoms with E-state index in [2.05, 4.69) is 10.6 Å². The molecule has 0 heterocycles. The van der Waals surface area contributed by atoms with Crippen LogP contribution in [0, 0.1) is 0 Å². The molecule has 0 unspecified atom stereocenters. The van der Waals surface area contributed by atoms with E-state index < -0.39 is 79.6 Å². The zero-order valence-corrected chi connectivity index (χ0v) is 17.6. The van der Waals surface area contributed by atoms with E-state index in [4.69, 9.17) is 15.9 Å². The Morgan fingerprint density at radius 1 is 0.879 bits per heavy atom. The van der Waals surface area contributed by atoms with Crippen molar-refractivity contribution in [3.63, 3.8) is 0 Å². The molecular weight excluding hydrogens is 442 g/mol. The molecule has 0 aliphatic rings. The first-order chi connectivity index (χ1) is 15.5. The van der Waals surface area contributed by atoms with E-state index in [1.807, 2.05) is 0 Å². The van der Waals surface area contributed by atoms with E-state index in [0.29, 0.717) is 5.56 Å². The van der Waals surface area contributed by atoms with Crippen LogP contribution in [0.4, 0.5) is 0 Å². The van der Waals surface area contributed by atoms with Crippen LogP contribution in [0.2, 0.25) is 0 Å². The standard InChI is InChI=1S/C20H29N3O10/c21-11(6-7-14(25)26)19(32)23-13(9-24)16(29)17(30)18(31)20(33)22-12(8-15(27)28)10-4-2-1-3-5-10/h1-5,11-13,16-18,24,29-31H,6-9,21H2,(H,22,33)(H,23,32)(H,25,26)(H,27,28)/t11-,12-,13-,16+,17+,18-/m0/s1. The van der Waals surface area contributed by atoms with Crippen molar-refractivity contribution in [2.45, 2.75) is 55.7 Å². The van der Waals surface area contributed by atoms with E-state index in [0.717, 1.165) is 0 Å². The van der Waals surface area contributed by atoms with E-state index >= 15 is 0 Å². The van der Waals surface area contributed by atoms with Gasteiger partial charge in [-0.3, -0.25) is 19.2 Å². The van der Waals surface area contributed by atoms with Crippen molar-refractivity contribution >= 4 is 23.8 Å². The molecule has 0 aromatic heterocycles. The first-order valence-corrected chi connectivity index (χ1v) is 9.97. The summed E-state index contributed by atoms with van der Waals surface area (Å²) < 4.78 is 0. The number of nitrogens with one attached hydrogen (secondary N) is 2. The van der Waals surface area contributed by atoms with Crippen molar-refractivity contribution in [1.82, 2.24) is 10.6 Å². The lowest BCUT2D eigenvalue weighted by molar-refractivity contribution is -0.145. The van der Waals surface area contributed by atoms with Gasteiger partial charge in [0, 0.05) is 6.42 Å². The molecule has 33 heavy (non-hydrogen) atoms. The molecule has 1 aromatic rings. The maximum Gasteiger partial charge on any atom is 0.305 e. The van der Waals surface area contributed by atoms with Gasteiger partial charge in [0.2, 0.25) is 5.91 Å². The van der Waals surface area contributed by atoms with Crippen LogP contribution in [0.3, 0.4) is 0 Å². The first kappa shape index (κ1) is 27.9. The van der Waals surface area contributed by atoms with Gasteiger partial charge in [0.15, 0.2) is 6.10 Å². The van der Waals surface area contributed by atoms with Gasteiger partial charge in [-0.25, -0.2) is 0 Å². The fraction of sp³-hybridized carbons (Fsp3) is 0.500. The molecular formula is C20H29N3O10. The van der Waals surface area contributed by atoms with Gasteiger partial charge in [-0.05, 0) is 12.0 Å². The zero-order chi connectivity index (χ0) is 25.1. The molecule has 1 rings (SSSR count). The number of carboxylic acids is 2. The number of benzene rings is 1. The minimum atomic E-state index is -2.24. The van der Waals surface area contributed by atoms with Crippen molar-refractivity contribution in [3.8, 4) is 0 Å². The van der Waals surface area contributed by atoms with E-state index in [9.17, 15) is 39.6 Å². The number of hydrogen-bond donors (Lipinski definition) is 9. The van der Waals surface area contributed by atoms with Gasteiger partial charge in [-0.15, -0.1) is 0 Å². The number of aliphatic hydroxyl groups excluding tert-OH is 4. The maximum absolute atomic E-state index is 12.4. The predicted molar refractivity (Wildman–Crippen MR) is 111 cm³/mol. The number of rotatable bonds is 14. The Hall–Kier alpha value is -3.10. The molecule has 1 aromatic carbocycles. The van der Waals surface area contributed by atoms with Gasteiger partial charge >= 0.3 is 11.9 Å². The third kappa shape index (κ3) is 9.11. The summed E-state index contributed by atoms with van der Waals surface area (Å²) in [4.78, 5) is 46.1. The van der Waals surface area contributed by atoms with E-state index in [1.54, 1.807) is 30.3 Å². The van der Waals surface area contributed by atoms with Crippen LogP contribution in [-0.2, 0) is 19.2 Å². The number of aliphatic carboxylic acids is 2. The molecule has 184 valence electrons. The summed E-state index contributed by atoms with van der Waals surface area (Å²) in [5.74, 6) is -4.54. The van der Waals surface area contributed by atoms with Crippen LogP contribution in [0.5, 0.6) is 0 Å². The second-order valence-corrected chi connectivity index (χ2v) is 7.33. The molecule has 6 atom stereocenters. The number of hydrogen-bond acceptors (Lipinski definition) is 9. The summed E-state index contributed by atoms with van der Waals surface area (Å²) in [7, 11) is 0. The fourth-order valence-electron chi connectivity index (χ4n) is 2.89. The molecule has 0 aliphatic heterocycles. The third-order valence-electron chi connectivity index (χ3n) is 4.78. The highest BCUT2D eigenvalue weighted by atomic mass is 16.4. The smallest absolute Gasteiger partial charge is 0.305 e. The third-order valence-corrected chi connectivity index (χ3v) is 4.78. The minimum Gasteiger partial charge on any atom is -0.481 e. The SMILES string of the molecule is N[C@@H](CCC(=O)O)C(=O)N[C@@H](CO)[C@@H](O)[C@@H](O)[C@H](O)C(=O)N[C@@H](CC(=O)O)c1ccccc1. The van der Waals surface area contributed by atoms with Crippen LogP contribution in [0.1, 0.15) is 30.9 Å². The van der Waals surface area contributed by atoms with E-state index in [-0.39, 0.29) is 6.42 Å². The molecule has 0 saturated carbocycles. The molecule has 0 spiro atoms. The maximum atomic E-state index is 12.4. The van der Waals surface area contributed by atoms with Gasteiger partial charge in [0.05, 0.1) is 31.2 Å². The van der Waals surface area contributed by atoms with Crippen LogP contribution in [0.25, 0.3) is 0 Å². The van der Waals surface area contributed by atoms with Gasteiger partial charge in [0.1, 0.15) is 12.2 Å². The summed E-state index contributed by atoms with van der Waals surface area (Å²) in [5, 5.41) is 62.2. The molecule has 13 heteroatoms. The number of carbonyl (C=O) groups is 4. The van der Waals surface area contributed by atoms with E-state index in [1.165, 1.54) is 0 Å². The summed E-state index contributed by atoms with van der Waals surface area (Å²) >= 11 is 0. The van der Waals surface area contributed by atoms with Crippen molar-refractivity contribution in [2.24, 2.45) is 5.73 Å². The van der Waals surface area contributed by atoms with Crippen molar-refractivity contribution in [2.75, 3.05) is 6.61 Å². The highest BCUT2D eigenvalue weighted by Crippen LogP contribution is 2.17. The largest absolute Gasteiger partial charge is 0.481 e. The second-order valence-electron chi connectivity index (χ2n) is 7.33. The highest BCUT2D eigenvalue weighted by Gasteiger charge is 2.37. The molecule has 10 N–H and O–H groups in total. The Labute approximate surface area is 188 Å². The van der Waals surface area contributed by atoms with Crippen molar-refractivity contribution in [1.29, 1.82) is 0 Å². The summed E-state index contributed by atoms with van der Waals surface area (Å²) in [5.41, 5.74) is 5.96. The molecule has 0 aliphatic carbocycles. The summed E-state index contributed by atoms with van der Waals surface area (Å²) in [6, 6.07) is 4.13. The average Bonchev–Trinajstić information content (AvgIpc) is 2.78. The van der Waals surface area contributed by atoms with Gasteiger partial charge in [-0.2, -0.15) is 0 Å². The number of nitrogens with two attached hydrogens (primary N) is 1. The Morgan fingerprint density at radius 3 is 2.00 bits per heavy atom. The van der Waals surface area contributed by atoms with Crippen LogP contribution in [-0.4, -0.2) is 91.4 Å². The Balaban J connectivity index is 2.81. The van der Waals surface area contributed by atoms with Crippen molar-refractivity contribution in [3.05, 3.63) is 35.9 Å². The lowest BCUT2D eigenvalue weighted by Crippen LogP contribution is -2.58. The monoisotopic (exact) mass is 471 g/mol. The van der Waals surface area contributed by atoms with Crippen LogP contribution < -0.4 is 16.4 Å². The van der Waals surface area contributed by atoms with Gasteiger partial charge < -0.3 is 47.0 Å². The van der Waals surface area contributed by atoms with Gasteiger partial charge in [0.25, 0.3) is 5.91 Å². The van der Waals surface area contributed by atoms with Crippen LogP contribution in [0.15, 0.2) is 30.3 Å². The molecule has 0 radical (unpaired) electrons. The zero-order valence-electron chi connectivity index (χ0n) is 17.6. The number of amides is 2. The topological polar surface area (TPSA) is 240 Å². The Kier molecular flexibility index (Phi) is 11.4. The normalized spacial score (nSPS) is 16.5. The minimum absolute atomic E-state index is 0.229. The summed E-state index contributed by atoms with van der Waals surface area (Å²) in [6.07, 6.45) is -7.61. The Morgan fingerprint density at radius 2 is 1.48 bits per heavy atom. The highest BCUT2D eigenvalue weighted by molar-refractivity contribution is 5.83. The number of carboxylic acid groups (broad SMARTS) is 2. The molecule has 0 fully saturated rings. The average molecular weight is 471 g/mol. The number of carbonyl (C=O) groups excluding carboxylic acids is 2. The van der Waals surface area contributed by atoms with Crippen molar-refractivity contribution < 1.29 is 49.8 Å². The lowest BCUT2D eigenvalue weighted by Gasteiger charge is -2.30. The molecule has 13 nitrogen and oxygen atoms in total. The first-order valence-electron chi connectivity index (χ1n) is 9.97. The molecule has 0 bridgehead atoms. The number of aliphatic hydroxyl groups is 4. The molecule has 2 amide bonds. The lowest BCUT2D eigenvalue weighted by atomic mass is 9.98. The Bertz CT molecular complexity index is 807. The van der Waals surface area contributed by atoms with Crippen LogP contribution >= 0.6 is 0 Å².